The molecule has 0 aromatic heterocycles. The van der Waals surface area contributed by atoms with Gasteiger partial charge in [0, 0.05) is 23.5 Å². The van der Waals surface area contributed by atoms with Crippen molar-refractivity contribution in [3.05, 3.63) is 59.2 Å². The third kappa shape index (κ3) is 3.41. The van der Waals surface area contributed by atoms with Crippen LogP contribution in [0.5, 0.6) is 0 Å². The van der Waals surface area contributed by atoms with E-state index in [-0.39, 0.29) is 0 Å². The molecule has 0 N–H and O–H groups in total. The second kappa shape index (κ2) is 6.89. The molecule has 0 unspecified atom stereocenters. The Morgan fingerprint density at radius 3 is 2.52 bits per heavy atom. The average Bonchev–Trinajstić information content (AvgIpc) is 2.71. The molecule has 0 spiro atoms. The summed E-state index contributed by atoms with van der Waals surface area (Å²) in [6.45, 7) is 2.10. The Morgan fingerprint density at radius 1 is 1.04 bits per heavy atom. The van der Waals surface area contributed by atoms with Gasteiger partial charge in [0.1, 0.15) is 0 Å². The number of nitrogens with zero attached hydrogens (tertiary/aromatic N) is 2. The first-order chi connectivity index (χ1) is 11.2. The number of para-hydroxylation sites is 1. The fourth-order valence-corrected chi connectivity index (χ4v) is 3.29. The smallest absolute Gasteiger partial charge is 0.0455 e. The van der Waals surface area contributed by atoms with Gasteiger partial charge in [-0.25, -0.2) is 0 Å². The summed E-state index contributed by atoms with van der Waals surface area (Å²) in [7, 11) is 4.25. The molecule has 0 atom stereocenters. The number of rotatable bonds is 4. The monoisotopic (exact) mass is 304 g/mol. The molecule has 1 heterocycles. The van der Waals surface area contributed by atoms with Crippen LogP contribution >= 0.6 is 0 Å². The van der Waals surface area contributed by atoms with Crippen molar-refractivity contribution in [2.75, 3.05) is 32.1 Å². The third-order valence-corrected chi connectivity index (χ3v) is 4.48. The van der Waals surface area contributed by atoms with Gasteiger partial charge < -0.3 is 9.80 Å². The highest BCUT2D eigenvalue weighted by Gasteiger charge is 2.20. The molecule has 2 aromatic rings. The van der Waals surface area contributed by atoms with E-state index in [0.29, 0.717) is 0 Å². The lowest BCUT2D eigenvalue weighted by atomic mass is 10.0. The highest BCUT2D eigenvalue weighted by atomic mass is 15.1. The van der Waals surface area contributed by atoms with Gasteiger partial charge in [0.2, 0.25) is 0 Å². The van der Waals surface area contributed by atoms with E-state index < -0.39 is 0 Å². The Kier molecular flexibility index (Phi) is 4.69. The highest BCUT2D eigenvalue weighted by Crippen LogP contribution is 2.36. The van der Waals surface area contributed by atoms with E-state index in [1.807, 2.05) is 0 Å². The molecule has 0 fully saturated rings. The minimum Gasteiger partial charge on any atom is -0.341 e. The fraction of sp³-hybridized carbons (Fsp3) is 0.333. The lowest BCUT2D eigenvalue weighted by molar-refractivity contribution is 0.402. The van der Waals surface area contributed by atoms with Crippen LogP contribution in [0.25, 0.3) is 0 Å². The number of hydrogen-bond acceptors (Lipinski definition) is 2. The highest BCUT2D eigenvalue weighted by molar-refractivity contribution is 5.72. The van der Waals surface area contributed by atoms with Crippen molar-refractivity contribution in [1.82, 2.24) is 4.90 Å². The average molecular weight is 304 g/mol. The van der Waals surface area contributed by atoms with E-state index in [0.717, 1.165) is 37.9 Å². The molecule has 0 bridgehead atoms. The predicted octanol–water partition coefficient (Wildman–Crippen LogP) is 3.86. The molecular weight excluding hydrogens is 280 g/mol. The second-order valence-corrected chi connectivity index (χ2v) is 6.43. The van der Waals surface area contributed by atoms with Gasteiger partial charge in [0.25, 0.3) is 0 Å². The number of fused-ring (bicyclic) bond motifs is 2. The molecule has 0 radical (unpaired) electrons. The fourth-order valence-electron chi connectivity index (χ4n) is 3.29. The number of hydrogen-bond donors (Lipinski definition) is 0. The maximum absolute atomic E-state index is 5.63. The lowest BCUT2D eigenvalue weighted by Crippen LogP contribution is -2.24. The van der Waals surface area contributed by atoms with Gasteiger partial charge in [-0.15, -0.1) is 6.42 Å². The molecule has 0 aliphatic carbocycles. The van der Waals surface area contributed by atoms with Crippen molar-refractivity contribution in [3.63, 3.8) is 0 Å². The molecule has 23 heavy (non-hydrogen) atoms. The molecule has 2 heteroatoms. The third-order valence-electron chi connectivity index (χ3n) is 4.48. The van der Waals surface area contributed by atoms with Crippen LogP contribution in [-0.4, -0.2) is 32.1 Å². The molecule has 0 amide bonds. The van der Waals surface area contributed by atoms with Gasteiger partial charge in [-0.2, -0.15) is 0 Å². The molecule has 0 saturated carbocycles. The van der Waals surface area contributed by atoms with Crippen LogP contribution in [0, 0.1) is 12.3 Å². The minimum absolute atomic E-state index is 0.959. The lowest BCUT2D eigenvalue weighted by Gasteiger charge is -2.27. The first kappa shape index (κ1) is 15.6. The number of aryl methyl sites for hydroxylation is 2. The SMILES string of the molecule is C#Cc1ccc2c(c1)N(CCCN(C)C)c1ccccc1CC2. The van der Waals surface area contributed by atoms with Gasteiger partial charge >= 0.3 is 0 Å². The van der Waals surface area contributed by atoms with Crippen LogP contribution in [0.1, 0.15) is 23.1 Å². The second-order valence-electron chi connectivity index (χ2n) is 6.43. The minimum atomic E-state index is 0.959. The number of anilines is 2. The molecule has 1 aliphatic rings. The Balaban J connectivity index is 2.01. The van der Waals surface area contributed by atoms with E-state index in [9.17, 15) is 0 Å². The molecular formula is C21H24N2. The van der Waals surface area contributed by atoms with Crippen molar-refractivity contribution in [2.45, 2.75) is 19.3 Å². The maximum Gasteiger partial charge on any atom is 0.0455 e. The summed E-state index contributed by atoms with van der Waals surface area (Å²) in [5.41, 5.74) is 6.39. The molecule has 0 saturated heterocycles. The molecule has 1 aliphatic heterocycles. The first-order valence-corrected chi connectivity index (χ1v) is 8.29. The van der Waals surface area contributed by atoms with Crippen molar-refractivity contribution >= 4 is 11.4 Å². The molecule has 3 rings (SSSR count). The first-order valence-electron chi connectivity index (χ1n) is 8.29. The van der Waals surface area contributed by atoms with Crippen molar-refractivity contribution in [2.24, 2.45) is 0 Å². The Hall–Kier alpha value is -2.24. The van der Waals surface area contributed by atoms with Gasteiger partial charge in [-0.1, -0.05) is 30.2 Å². The van der Waals surface area contributed by atoms with Crippen LogP contribution in [-0.2, 0) is 12.8 Å². The standard InChI is InChI=1S/C21H24N2/c1-4-17-10-11-19-13-12-18-8-5-6-9-20(18)23(21(19)16-17)15-7-14-22(2)3/h1,5-6,8-11,16H,7,12-15H2,2-3H3. The summed E-state index contributed by atoms with van der Waals surface area (Å²) >= 11 is 0. The Bertz CT molecular complexity index is 725. The zero-order valence-electron chi connectivity index (χ0n) is 14.0. The van der Waals surface area contributed by atoms with Gasteiger partial charge in [0.05, 0.1) is 0 Å². The summed E-state index contributed by atoms with van der Waals surface area (Å²) in [5, 5.41) is 0. The van der Waals surface area contributed by atoms with Crippen LogP contribution < -0.4 is 4.90 Å². The van der Waals surface area contributed by atoms with Crippen molar-refractivity contribution in [3.8, 4) is 12.3 Å². The number of benzene rings is 2. The zero-order valence-corrected chi connectivity index (χ0v) is 14.0. The number of terminal acetylenes is 1. The molecule has 118 valence electrons. The zero-order chi connectivity index (χ0) is 16.2. The van der Waals surface area contributed by atoms with Gasteiger partial charge in [-0.3, -0.25) is 0 Å². The van der Waals surface area contributed by atoms with Crippen LogP contribution in [0.15, 0.2) is 42.5 Å². The molecule has 2 nitrogen and oxygen atoms in total. The summed E-state index contributed by atoms with van der Waals surface area (Å²) in [5.74, 6) is 2.78. The normalized spacial score (nSPS) is 13.2. The summed E-state index contributed by atoms with van der Waals surface area (Å²) in [6.07, 6.45) is 8.91. The largest absolute Gasteiger partial charge is 0.341 e. The van der Waals surface area contributed by atoms with E-state index >= 15 is 0 Å². The Labute approximate surface area is 139 Å². The summed E-state index contributed by atoms with van der Waals surface area (Å²) in [4.78, 5) is 4.70. The maximum atomic E-state index is 5.63. The topological polar surface area (TPSA) is 6.48 Å². The summed E-state index contributed by atoms with van der Waals surface area (Å²) < 4.78 is 0. The van der Waals surface area contributed by atoms with Crippen LogP contribution in [0.4, 0.5) is 11.4 Å². The quantitative estimate of drug-likeness (QED) is 0.792. The van der Waals surface area contributed by atoms with Crippen molar-refractivity contribution in [1.29, 1.82) is 0 Å². The van der Waals surface area contributed by atoms with Gasteiger partial charge in [0.15, 0.2) is 0 Å². The van der Waals surface area contributed by atoms with Crippen molar-refractivity contribution < 1.29 is 0 Å². The Morgan fingerprint density at radius 2 is 1.78 bits per heavy atom. The van der Waals surface area contributed by atoms with Crippen LogP contribution in [0.2, 0.25) is 0 Å². The van der Waals surface area contributed by atoms with E-state index in [2.05, 4.69) is 72.3 Å². The van der Waals surface area contributed by atoms with E-state index in [1.54, 1.807) is 0 Å². The van der Waals surface area contributed by atoms with E-state index in [4.69, 9.17) is 6.42 Å². The van der Waals surface area contributed by atoms with Crippen LogP contribution in [0.3, 0.4) is 0 Å². The molecule has 2 aromatic carbocycles. The van der Waals surface area contributed by atoms with E-state index in [1.165, 1.54) is 22.5 Å². The van der Waals surface area contributed by atoms with Gasteiger partial charge in [-0.05, 0) is 69.2 Å². The predicted molar refractivity (Wildman–Crippen MR) is 98.4 cm³/mol. The summed E-state index contributed by atoms with van der Waals surface area (Å²) in [6, 6.07) is 15.2.